The highest BCUT2D eigenvalue weighted by Gasteiger charge is 2.10. The fourth-order valence-electron chi connectivity index (χ4n) is 2.11. The van der Waals surface area contributed by atoms with E-state index in [1.165, 1.54) is 16.1 Å². The summed E-state index contributed by atoms with van der Waals surface area (Å²) in [6.07, 6.45) is 0. The van der Waals surface area contributed by atoms with E-state index in [2.05, 4.69) is 54.5 Å². The van der Waals surface area contributed by atoms with E-state index in [1.807, 2.05) is 6.07 Å². The summed E-state index contributed by atoms with van der Waals surface area (Å²) in [5, 5.41) is 2.07. The Bertz CT molecular complexity index is 458. The zero-order chi connectivity index (χ0) is 13.0. The van der Waals surface area contributed by atoms with Crippen LogP contribution in [0.3, 0.4) is 0 Å². The van der Waals surface area contributed by atoms with Crippen molar-refractivity contribution in [2.24, 2.45) is 5.73 Å². The van der Waals surface area contributed by atoms with Crippen LogP contribution in [0, 0.1) is 0 Å². The van der Waals surface area contributed by atoms with Crippen molar-refractivity contribution in [3.63, 3.8) is 0 Å². The van der Waals surface area contributed by atoms with E-state index < -0.39 is 0 Å². The van der Waals surface area contributed by atoms with Crippen LogP contribution in [0.4, 0.5) is 5.69 Å². The van der Waals surface area contributed by atoms with Crippen LogP contribution in [0.2, 0.25) is 0 Å². The molecule has 0 spiro atoms. The van der Waals surface area contributed by atoms with Crippen LogP contribution in [-0.4, -0.2) is 13.1 Å². The lowest BCUT2D eigenvalue weighted by Gasteiger charge is -2.21. The molecule has 0 unspecified atom stereocenters. The maximum absolute atomic E-state index is 6.25. The predicted molar refractivity (Wildman–Crippen MR) is 80.4 cm³/mol. The fraction of sp³-hybridized carbons (Fsp3) is 0.333. The van der Waals surface area contributed by atoms with Crippen LogP contribution < -0.4 is 10.6 Å². The van der Waals surface area contributed by atoms with Crippen molar-refractivity contribution in [3.8, 4) is 0 Å². The van der Waals surface area contributed by atoms with Gasteiger partial charge in [0.25, 0.3) is 0 Å². The third-order valence-electron chi connectivity index (χ3n) is 3.23. The Balaban J connectivity index is 2.17. The molecule has 1 aromatic carbocycles. The largest absolute Gasteiger partial charge is 0.372 e. The lowest BCUT2D eigenvalue weighted by atomic mass is 10.1. The van der Waals surface area contributed by atoms with Gasteiger partial charge in [-0.1, -0.05) is 18.2 Å². The molecule has 0 saturated heterocycles. The number of benzene rings is 1. The zero-order valence-electron chi connectivity index (χ0n) is 11.0. The minimum Gasteiger partial charge on any atom is -0.372 e. The normalized spacial score (nSPS) is 12.4. The Morgan fingerprint density at radius 1 is 1.11 bits per heavy atom. The van der Waals surface area contributed by atoms with E-state index in [-0.39, 0.29) is 6.04 Å². The number of hydrogen-bond donors (Lipinski definition) is 1. The molecule has 0 aliphatic carbocycles. The quantitative estimate of drug-likeness (QED) is 0.889. The first-order chi connectivity index (χ1) is 8.76. The third-order valence-corrected chi connectivity index (χ3v) is 4.19. The molecule has 0 radical (unpaired) electrons. The number of rotatable bonds is 5. The highest BCUT2D eigenvalue weighted by atomic mass is 32.1. The van der Waals surface area contributed by atoms with Gasteiger partial charge in [-0.2, -0.15) is 0 Å². The summed E-state index contributed by atoms with van der Waals surface area (Å²) in [6.45, 7) is 6.42. The van der Waals surface area contributed by atoms with Crippen molar-refractivity contribution >= 4 is 17.0 Å². The van der Waals surface area contributed by atoms with Gasteiger partial charge in [0.1, 0.15) is 0 Å². The molecular weight excluding hydrogens is 240 g/mol. The maximum atomic E-state index is 6.25. The van der Waals surface area contributed by atoms with Gasteiger partial charge in [0.15, 0.2) is 0 Å². The Labute approximate surface area is 113 Å². The van der Waals surface area contributed by atoms with Crippen LogP contribution in [0.25, 0.3) is 0 Å². The first kappa shape index (κ1) is 13.1. The SMILES string of the molecule is CCN(CC)c1ccc([C@@H](N)c2cccs2)cc1. The molecule has 1 atom stereocenters. The Kier molecular flexibility index (Phi) is 4.39. The highest BCUT2D eigenvalue weighted by molar-refractivity contribution is 7.10. The van der Waals surface area contributed by atoms with E-state index in [4.69, 9.17) is 5.73 Å². The van der Waals surface area contributed by atoms with E-state index in [9.17, 15) is 0 Å². The number of hydrogen-bond acceptors (Lipinski definition) is 3. The van der Waals surface area contributed by atoms with Gasteiger partial charge in [0.2, 0.25) is 0 Å². The van der Waals surface area contributed by atoms with Crippen molar-refractivity contribution in [1.29, 1.82) is 0 Å². The molecule has 0 saturated carbocycles. The third kappa shape index (κ3) is 2.74. The smallest absolute Gasteiger partial charge is 0.0646 e. The fourth-order valence-corrected chi connectivity index (χ4v) is 2.87. The van der Waals surface area contributed by atoms with Crippen LogP contribution >= 0.6 is 11.3 Å². The first-order valence-corrected chi connectivity index (χ1v) is 7.28. The van der Waals surface area contributed by atoms with Gasteiger partial charge in [-0.05, 0) is 43.0 Å². The molecule has 3 heteroatoms. The van der Waals surface area contributed by atoms with Crippen molar-refractivity contribution in [2.45, 2.75) is 19.9 Å². The van der Waals surface area contributed by atoms with Gasteiger partial charge in [0.05, 0.1) is 6.04 Å². The van der Waals surface area contributed by atoms with Crippen LogP contribution in [0.1, 0.15) is 30.3 Å². The van der Waals surface area contributed by atoms with E-state index in [1.54, 1.807) is 11.3 Å². The summed E-state index contributed by atoms with van der Waals surface area (Å²) in [5.41, 5.74) is 8.69. The second kappa shape index (κ2) is 6.03. The molecular formula is C15H20N2S. The summed E-state index contributed by atoms with van der Waals surface area (Å²) in [4.78, 5) is 3.55. The molecule has 96 valence electrons. The van der Waals surface area contributed by atoms with E-state index in [0.29, 0.717) is 0 Å². The minimum absolute atomic E-state index is 0.00393. The molecule has 0 fully saturated rings. The molecule has 18 heavy (non-hydrogen) atoms. The topological polar surface area (TPSA) is 29.3 Å². The summed E-state index contributed by atoms with van der Waals surface area (Å²) < 4.78 is 0. The van der Waals surface area contributed by atoms with Gasteiger partial charge < -0.3 is 10.6 Å². The second-order valence-corrected chi connectivity index (χ2v) is 5.24. The molecule has 1 aromatic heterocycles. The monoisotopic (exact) mass is 260 g/mol. The van der Waals surface area contributed by atoms with E-state index in [0.717, 1.165) is 13.1 Å². The summed E-state index contributed by atoms with van der Waals surface area (Å²) in [7, 11) is 0. The Morgan fingerprint density at radius 2 is 1.78 bits per heavy atom. The van der Waals surface area contributed by atoms with Crippen LogP contribution in [0.15, 0.2) is 41.8 Å². The van der Waals surface area contributed by atoms with Crippen LogP contribution in [-0.2, 0) is 0 Å². The van der Waals surface area contributed by atoms with Gasteiger partial charge in [-0.15, -0.1) is 11.3 Å². The number of nitrogens with zero attached hydrogens (tertiary/aromatic N) is 1. The lowest BCUT2D eigenvalue weighted by Crippen LogP contribution is -2.21. The second-order valence-electron chi connectivity index (χ2n) is 4.26. The minimum atomic E-state index is -0.00393. The molecule has 2 rings (SSSR count). The lowest BCUT2D eigenvalue weighted by molar-refractivity contribution is 0.860. The predicted octanol–water partition coefficient (Wildman–Crippen LogP) is 3.64. The standard InChI is InChI=1S/C15H20N2S/c1-3-17(4-2)13-9-7-12(8-10-13)15(16)14-6-5-11-18-14/h5-11,15H,3-4,16H2,1-2H3/t15-/m1/s1. The molecule has 0 amide bonds. The number of thiophene rings is 1. The van der Waals surface area contributed by atoms with E-state index >= 15 is 0 Å². The molecule has 0 aliphatic rings. The molecule has 2 N–H and O–H groups in total. The van der Waals surface area contributed by atoms with Crippen molar-refractivity contribution < 1.29 is 0 Å². The molecule has 2 nitrogen and oxygen atoms in total. The van der Waals surface area contributed by atoms with Gasteiger partial charge in [-0.25, -0.2) is 0 Å². The average Bonchev–Trinajstić information content (AvgIpc) is 2.94. The maximum Gasteiger partial charge on any atom is 0.0646 e. The summed E-state index contributed by atoms with van der Waals surface area (Å²) >= 11 is 1.71. The number of anilines is 1. The van der Waals surface area contributed by atoms with Gasteiger partial charge >= 0.3 is 0 Å². The zero-order valence-corrected chi connectivity index (χ0v) is 11.8. The van der Waals surface area contributed by atoms with Crippen molar-refractivity contribution in [3.05, 3.63) is 52.2 Å². The summed E-state index contributed by atoms with van der Waals surface area (Å²) in [5.74, 6) is 0. The van der Waals surface area contributed by atoms with Crippen molar-refractivity contribution in [2.75, 3.05) is 18.0 Å². The summed E-state index contributed by atoms with van der Waals surface area (Å²) in [6, 6.07) is 12.7. The Hall–Kier alpha value is -1.32. The highest BCUT2D eigenvalue weighted by Crippen LogP contribution is 2.25. The molecule has 0 bridgehead atoms. The average molecular weight is 260 g/mol. The van der Waals surface area contributed by atoms with Crippen molar-refractivity contribution in [1.82, 2.24) is 0 Å². The molecule has 2 aromatic rings. The van der Waals surface area contributed by atoms with Gasteiger partial charge in [-0.3, -0.25) is 0 Å². The van der Waals surface area contributed by atoms with Crippen LogP contribution in [0.5, 0.6) is 0 Å². The molecule has 1 heterocycles. The first-order valence-electron chi connectivity index (χ1n) is 6.40. The Morgan fingerprint density at radius 3 is 2.28 bits per heavy atom. The van der Waals surface area contributed by atoms with Gasteiger partial charge in [0, 0.05) is 23.7 Å². The molecule has 0 aliphatic heterocycles. The number of nitrogens with two attached hydrogens (primary N) is 1.